The first-order valence-corrected chi connectivity index (χ1v) is 5.76. The maximum Gasteiger partial charge on any atom is 0.255 e. The van der Waals surface area contributed by atoms with Crippen molar-refractivity contribution in [1.82, 2.24) is 5.32 Å². The van der Waals surface area contributed by atoms with Gasteiger partial charge in [-0.3, -0.25) is 5.32 Å². The molecule has 0 radical (unpaired) electrons. The maximum absolute atomic E-state index is 9.99. The number of aliphatic hydroxyl groups excluding tert-OH is 4. The molecule has 1 aliphatic rings. The van der Waals surface area contributed by atoms with Crippen molar-refractivity contribution in [3.63, 3.8) is 0 Å². The fourth-order valence-corrected chi connectivity index (χ4v) is 1.74. The molecule has 0 spiro atoms. The van der Waals surface area contributed by atoms with Crippen molar-refractivity contribution < 1.29 is 30.3 Å². The summed E-state index contributed by atoms with van der Waals surface area (Å²) in [5.74, 6) is -2.15. The van der Waals surface area contributed by atoms with Gasteiger partial charge in [0, 0.05) is 6.54 Å². The highest BCUT2D eigenvalue weighted by Gasteiger charge is 2.52. The molecule has 7 heteroatoms. The molecule has 0 aromatic heterocycles. The summed E-state index contributed by atoms with van der Waals surface area (Å²) in [5, 5.41) is 50.2. The van der Waals surface area contributed by atoms with E-state index in [0.717, 1.165) is 12.8 Å². The quantitative estimate of drug-likeness (QED) is 0.236. The van der Waals surface area contributed by atoms with Crippen molar-refractivity contribution in [3.8, 4) is 0 Å². The van der Waals surface area contributed by atoms with Gasteiger partial charge in [-0.15, -0.1) is 0 Å². The van der Waals surface area contributed by atoms with Gasteiger partial charge in [-0.2, -0.15) is 0 Å². The van der Waals surface area contributed by atoms with Gasteiger partial charge < -0.3 is 30.3 Å². The molecule has 1 heterocycles. The highest BCUT2D eigenvalue weighted by atomic mass is 16.7. The van der Waals surface area contributed by atoms with Gasteiger partial charge in [0.1, 0.15) is 18.3 Å². The first-order valence-electron chi connectivity index (χ1n) is 5.76. The van der Waals surface area contributed by atoms with Gasteiger partial charge >= 0.3 is 0 Å². The second kappa shape index (κ2) is 6.05. The molecular weight excluding hydrogens is 230 g/mol. The van der Waals surface area contributed by atoms with E-state index in [1.807, 2.05) is 6.92 Å². The summed E-state index contributed by atoms with van der Waals surface area (Å²) in [5.41, 5.74) is 0. The molecule has 0 aromatic carbocycles. The molecule has 7 nitrogen and oxygen atoms in total. The zero-order valence-electron chi connectivity index (χ0n) is 9.78. The molecule has 6 N–H and O–H groups in total. The summed E-state index contributed by atoms with van der Waals surface area (Å²) in [6, 6.07) is 0. The largest absolute Gasteiger partial charge is 0.394 e. The maximum atomic E-state index is 9.99. The van der Waals surface area contributed by atoms with Crippen LogP contribution in [-0.2, 0) is 4.74 Å². The van der Waals surface area contributed by atoms with Crippen LogP contribution in [0.5, 0.6) is 0 Å². The van der Waals surface area contributed by atoms with E-state index >= 15 is 0 Å². The molecule has 0 aromatic rings. The Balaban J connectivity index is 2.69. The molecule has 0 amide bonds. The molecule has 0 bridgehead atoms. The number of unbranched alkanes of at least 4 members (excludes halogenated alkanes) is 1. The summed E-state index contributed by atoms with van der Waals surface area (Å²) in [6.07, 6.45) is -4.22. The molecule has 1 rings (SSSR count). The lowest BCUT2D eigenvalue weighted by Gasteiger charge is -2.45. The molecule has 1 saturated heterocycles. The SMILES string of the molecule is CCCCN[C@@]1(O)O[C@H](CO)[C@@H](O)[C@H](O)[C@H]1O. The van der Waals surface area contributed by atoms with Crippen molar-refractivity contribution in [1.29, 1.82) is 0 Å². The molecule has 0 aliphatic carbocycles. The summed E-state index contributed by atoms with van der Waals surface area (Å²) in [4.78, 5) is 0. The first-order chi connectivity index (χ1) is 7.96. The van der Waals surface area contributed by atoms with Gasteiger partial charge in [0.25, 0.3) is 5.91 Å². The van der Waals surface area contributed by atoms with Crippen molar-refractivity contribution >= 4 is 0 Å². The van der Waals surface area contributed by atoms with Gasteiger partial charge in [0.2, 0.25) is 0 Å². The molecule has 1 fully saturated rings. The highest BCUT2D eigenvalue weighted by molar-refractivity contribution is 4.94. The monoisotopic (exact) mass is 251 g/mol. The lowest BCUT2D eigenvalue weighted by Crippen LogP contribution is -2.70. The topological polar surface area (TPSA) is 122 Å². The zero-order chi connectivity index (χ0) is 13.1. The normalized spacial score (nSPS) is 42.7. The van der Waals surface area contributed by atoms with Gasteiger partial charge in [0.05, 0.1) is 6.61 Å². The Kier molecular flexibility index (Phi) is 5.26. The third-order valence-electron chi connectivity index (χ3n) is 2.87. The zero-order valence-corrected chi connectivity index (χ0v) is 9.78. The van der Waals surface area contributed by atoms with Crippen LogP contribution < -0.4 is 5.32 Å². The van der Waals surface area contributed by atoms with Crippen LogP contribution in [0.2, 0.25) is 0 Å². The number of nitrogens with one attached hydrogen (secondary N) is 1. The number of rotatable bonds is 5. The second-order valence-corrected chi connectivity index (χ2v) is 4.24. The van der Waals surface area contributed by atoms with E-state index in [4.69, 9.17) is 9.84 Å². The number of ether oxygens (including phenoxy) is 1. The average Bonchev–Trinajstić information content (AvgIpc) is 2.32. The van der Waals surface area contributed by atoms with Crippen LogP contribution >= 0.6 is 0 Å². The van der Waals surface area contributed by atoms with Crippen molar-refractivity contribution in [2.24, 2.45) is 0 Å². The van der Waals surface area contributed by atoms with E-state index in [-0.39, 0.29) is 0 Å². The van der Waals surface area contributed by atoms with Gasteiger partial charge in [-0.1, -0.05) is 13.3 Å². The molecule has 102 valence electrons. The standard InChI is InChI=1S/C10H21NO6/c1-2-3-4-11-10(16)9(15)8(14)7(13)6(5-12)17-10/h6-9,11-16H,2-5H2,1H3/t6-,7-,8+,9-,10+/m1/s1. The van der Waals surface area contributed by atoms with Gasteiger partial charge in [0.15, 0.2) is 6.10 Å². The molecule has 1 aliphatic heterocycles. The summed E-state index contributed by atoms with van der Waals surface area (Å²) < 4.78 is 5.00. The predicted molar refractivity (Wildman–Crippen MR) is 57.8 cm³/mol. The number of aliphatic hydroxyl groups is 5. The Morgan fingerprint density at radius 2 is 1.88 bits per heavy atom. The van der Waals surface area contributed by atoms with Crippen LogP contribution in [-0.4, -0.2) is 69.0 Å². The van der Waals surface area contributed by atoms with Crippen molar-refractivity contribution in [3.05, 3.63) is 0 Å². The Bertz CT molecular complexity index is 239. The highest BCUT2D eigenvalue weighted by Crippen LogP contribution is 2.26. The smallest absolute Gasteiger partial charge is 0.255 e. The van der Waals surface area contributed by atoms with Crippen LogP contribution in [0, 0.1) is 0 Å². The van der Waals surface area contributed by atoms with Crippen molar-refractivity contribution in [2.45, 2.75) is 50.1 Å². The second-order valence-electron chi connectivity index (χ2n) is 4.24. The van der Waals surface area contributed by atoms with Crippen LogP contribution in [0.15, 0.2) is 0 Å². The molecule has 17 heavy (non-hydrogen) atoms. The van der Waals surface area contributed by atoms with E-state index in [2.05, 4.69) is 5.32 Å². The molecule has 0 unspecified atom stereocenters. The third-order valence-corrected chi connectivity index (χ3v) is 2.87. The van der Waals surface area contributed by atoms with Gasteiger partial charge in [-0.05, 0) is 6.42 Å². The van der Waals surface area contributed by atoms with Crippen LogP contribution in [0.25, 0.3) is 0 Å². The van der Waals surface area contributed by atoms with Crippen molar-refractivity contribution in [2.75, 3.05) is 13.2 Å². The molecular formula is C10H21NO6. The Labute approximate surface area is 99.7 Å². The summed E-state index contributed by atoms with van der Waals surface area (Å²) in [6.45, 7) is 1.77. The first kappa shape index (κ1) is 14.8. The van der Waals surface area contributed by atoms with E-state index < -0.39 is 36.9 Å². The lowest BCUT2D eigenvalue weighted by molar-refractivity contribution is -0.361. The fourth-order valence-electron chi connectivity index (χ4n) is 1.74. The molecule has 0 saturated carbocycles. The fraction of sp³-hybridized carbons (Fsp3) is 1.00. The van der Waals surface area contributed by atoms with E-state index in [0.29, 0.717) is 6.54 Å². The third kappa shape index (κ3) is 3.14. The molecule has 5 atom stereocenters. The lowest BCUT2D eigenvalue weighted by atomic mass is 9.96. The number of hydrogen-bond acceptors (Lipinski definition) is 7. The van der Waals surface area contributed by atoms with E-state index in [1.54, 1.807) is 0 Å². The minimum Gasteiger partial charge on any atom is -0.394 e. The predicted octanol–water partition coefficient (Wildman–Crippen LogP) is -2.50. The Hall–Kier alpha value is -0.280. The number of hydrogen-bond donors (Lipinski definition) is 6. The van der Waals surface area contributed by atoms with Crippen LogP contribution in [0.4, 0.5) is 0 Å². The minimum atomic E-state index is -2.15. The minimum absolute atomic E-state index is 0.380. The van der Waals surface area contributed by atoms with Crippen LogP contribution in [0.1, 0.15) is 19.8 Å². The van der Waals surface area contributed by atoms with E-state index in [1.165, 1.54) is 0 Å². The van der Waals surface area contributed by atoms with Gasteiger partial charge in [-0.25, -0.2) is 0 Å². The van der Waals surface area contributed by atoms with E-state index in [9.17, 15) is 20.4 Å². The van der Waals surface area contributed by atoms with Crippen LogP contribution in [0.3, 0.4) is 0 Å². The summed E-state index contributed by atoms with van der Waals surface area (Å²) >= 11 is 0. The Morgan fingerprint density at radius 1 is 1.24 bits per heavy atom. The summed E-state index contributed by atoms with van der Waals surface area (Å²) in [7, 11) is 0. The Morgan fingerprint density at radius 3 is 2.41 bits per heavy atom. The average molecular weight is 251 g/mol.